The molecule has 0 aliphatic heterocycles. The first-order chi connectivity index (χ1) is 7.79. The molecule has 3 aromatic heterocycles. The molecule has 3 aromatic rings. The molecule has 3 heterocycles. The van der Waals surface area contributed by atoms with Gasteiger partial charge < -0.3 is 0 Å². The zero-order valence-corrected chi connectivity index (χ0v) is 8.86. The summed E-state index contributed by atoms with van der Waals surface area (Å²) < 4.78 is 1.41. The van der Waals surface area contributed by atoms with E-state index in [1.54, 1.807) is 17.5 Å². The third kappa shape index (κ3) is 1.14. The predicted molar refractivity (Wildman–Crippen MR) is 61.6 cm³/mol. The van der Waals surface area contributed by atoms with Crippen molar-refractivity contribution in [2.75, 3.05) is 0 Å². The van der Waals surface area contributed by atoms with E-state index in [4.69, 9.17) is 5.26 Å². The molecular weight excluding hydrogens is 222 g/mol. The highest BCUT2D eigenvalue weighted by molar-refractivity contribution is 7.09. The van der Waals surface area contributed by atoms with Gasteiger partial charge in [0.05, 0.1) is 16.5 Å². The maximum atomic E-state index is 12.0. The molecule has 0 aliphatic carbocycles. The summed E-state index contributed by atoms with van der Waals surface area (Å²) in [6, 6.07) is 5.33. The average Bonchev–Trinajstić information content (AvgIpc) is 2.77. The van der Waals surface area contributed by atoms with Crippen LogP contribution in [0.1, 0.15) is 5.56 Å². The van der Waals surface area contributed by atoms with Crippen molar-refractivity contribution in [3.05, 3.63) is 45.0 Å². The third-order valence-electron chi connectivity index (χ3n) is 2.38. The van der Waals surface area contributed by atoms with Crippen LogP contribution >= 0.6 is 11.3 Å². The molecule has 0 fully saturated rings. The van der Waals surface area contributed by atoms with Crippen LogP contribution in [-0.2, 0) is 0 Å². The summed E-state index contributed by atoms with van der Waals surface area (Å²) in [5.41, 5.74) is 1.60. The number of nitriles is 1. The lowest BCUT2D eigenvalue weighted by Gasteiger charge is -2.00. The van der Waals surface area contributed by atoms with Crippen molar-refractivity contribution in [2.24, 2.45) is 0 Å². The topological polar surface area (TPSA) is 58.2 Å². The number of nitrogens with zero attached hydrogens (tertiary/aromatic N) is 3. The van der Waals surface area contributed by atoms with Gasteiger partial charge in [-0.25, -0.2) is 4.98 Å². The summed E-state index contributed by atoms with van der Waals surface area (Å²) in [6.07, 6.45) is 1.52. The first-order valence-electron chi connectivity index (χ1n) is 4.58. The Kier molecular flexibility index (Phi) is 1.79. The molecule has 4 nitrogen and oxygen atoms in total. The van der Waals surface area contributed by atoms with Crippen molar-refractivity contribution >= 4 is 27.9 Å². The van der Waals surface area contributed by atoms with Crippen LogP contribution in [0.25, 0.3) is 16.6 Å². The van der Waals surface area contributed by atoms with E-state index in [9.17, 15) is 4.79 Å². The van der Waals surface area contributed by atoms with E-state index in [1.165, 1.54) is 21.9 Å². The number of fused-ring (bicyclic) bond motifs is 2. The second kappa shape index (κ2) is 3.15. The van der Waals surface area contributed by atoms with Crippen molar-refractivity contribution in [3.63, 3.8) is 0 Å². The molecular formula is C11H5N3OS. The molecule has 0 aliphatic rings. The molecule has 0 saturated carbocycles. The molecule has 0 N–H and O–H groups in total. The average molecular weight is 227 g/mol. The number of thiophene rings is 1. The zero-order chi connectivity index (χ0) is 11.1. The largest absolute Gasteiger partial charge is 0.268 e. The number of pyridine rings is 1. The first kappa shape index (κ1) is 9.07. The summed E-state index contributed by atoms with van der Waals surface area (Å²) in [6.45, 7) is 0. The molecule has 0 unspecified atom stereocenters. The van der Waals surface area contributed by atoms with Gasteiger partial charge in [-0.15, -0.1) is 11.3 Å². The van der Waals surface area contributed by atoms with Gasteiger partial charge in [-0.3, -0.25) is 9.20 Å². The molecule has 3 rings (SSSR count). The van der Waals surface area contributed by atoms with E-state index in [-0.39, 0.29) is 5.56 Å². The van der Waals surface area contributed by atoms with Crippen molar-refractivity contribution in [1.29, 1.82) is 5.26 Å². The summed E-state index contributed by atoms with van der Waals surface area (Å²) in [4.78, 5) is 16.4. The van der Waals surface area contributed by atoms with Crippen LogP contribution in [0, 0.1) is 11.3 Å². The van der Waals surface area contributed by atoms with Crippen molar-refractivity contribution in [1.82, 2.24) is 9.38 Å². The highest BCUT2D eigenvalue weighted by atomic mass is 32.1. The molecule has 76 valence electrons. The van der Waals surface area contributed by atoms with Crippen LogP contribution in [-0.4, -0.2) is 9.38 Å². The molecule has 0 radical (unpaired) electrons. The molecule has 0 amide bonds. The standard InChI is InChI=1S/C11H5N3OS/c12-3-7-1-2-10-13-9-6-16-5-8(9)11(15)14(10)4-7/h1-2,4-6H. The quantitative estimate of drug-likeness (QED) is 0.588. The number of hydrogen-bond donors (Lipinski definition) is 0. The number of rotatable bonds is 0. The zero-order valence-electron chi connectivity index (χ0n) is 8.04. The lowest BCUT2D eigenvalue weighted by atomic mass is 10.3. The minimum Gasteiger partial charge on any atom is -0.268 e. The predicted octanol–water partition coefficient (Wildman–Crippen LogP) is 1.78. The molecule has 0 saturated heterocycles. The SMILES string of the molecule is N#Cc1ccc2nc3cscc3c(=O)n2c1. The Morgan fingerprint density at radius 1 is 1.38 bits per heavy atom. The van der Waals surface area contributed by atoms with Gasteiger partial charge in [-0.1, -0.05) is 0 Å². The monoisotopic (exact) mass is 227 g/mol. The van der Waals surface area contributed by atoms with E-state index in [1.807, 2.05) is 11.4 Å². The maximum Gasteiger partial charge on any atom is 0.266 e. The van der Waals surface area contributed by atoms with Gasteiger partial charge in [0.2, 0.25) is 0 Å². The normalized spacial score (nSPS) is 10.7. The fourth-order valence-electron chi connectivity index (χ4n) is 1.60. The van der Waals surface area contributed by atoms with Gasteiger partial charge in [0.25, 0.3) is 5.56 Å². The minimum atomic E-state index is -0.127. The highest BCUT2D eigenvalue weighted by Crippen LogP contribution is 2.14. The van der Waals surface area contributed by atoms with Crippen LogP contribution in [0.3, 0.4) is 0 Å². The Bertz CT molecular complexity index is 794. The molecule has 16 heavy (non-hydrogen) atoms. The molecule has 0 spiro atoms. The summed E-state index contributed by atoms with van der Waals surface area (Å²) >= 11 is 1.45. The third-order valence-corrected chi connectivity index (χ3v) is 3.11. The molecule has 0 atom stereocenters. The van der Waals surface area contributed by atoms with Crippen LogP contribution in [0.5, 0.6) is 0 Å². The summed E-state index contributed by atoms with van der Waals surface area (Å²) in [5, 5.41) is 13.0. The molecule has 5 heteroatoms. The van der Waals surface area contributed by atoms with Crippen LogP contribution < -0.4 is 5.56 Å². The van der Waals surface area contributed by atoms with E-state index in [0.29, 0.717) is 22.1 Å². The van der Waals surface area contributed by atoms with Crippen molar-refractivity contribution < 1.29 is 0 Å². The van der Waals surface area contributed by atoms with Crippen LogP contribution in [0.2, 0.25) is 0 Å². The lowest BCUT2D eigenvalue weighted by Crippen LogP contribution is -2.14. The number of aromatic nitrogens is 2. The fourth-order valence-corrected chi connectivity index (χ4v) is 2.34. The van der Waals surface area contributed by atoms with Gasteiger partial charge in [-0.05, 0) is 12.1 Å². The Labute approximate surface area is 94.0 Å². The van der Waals surface area contributed by atoms with Gasteiger partial charge in [0.1, 0.15) is 11.7 Å². The van der Waals surface area contributed by atoms with Gasteiger partial charge in [-0.2, -0.15) is 5.26 Å². The fraction of sp³-hybridized carbons (Fsp3) is 0. The summed E-state index contributed by atoms with van der Waals surface area (Å²) in [7, 11) is 0. The Morgan fingerprint density at radius 3 is 3.06 bits per heavy atom. The van der Waals surface area contributed by atoms with Gasteiger partial charge in [0.15, 0.2) is 0 Å². The van der Waals surface area contributed by atoms with E-state index in [2.05, 4.69) is 4.98 Å². The molecule has 0 bridgehead atoms. The second-order valence-corrected chi connectivity index (χ2v) is 4.09. The highest BCUT2D eigenvalue weighted by Gasteiger charge is 2.06. The number of hydrogen-bond acceptors (Lipinski definition) is 4. The first-order valence-corrected chi connectivity index (χ1v) is 5.52. The van der Waals surface area contributed by atoms with E-state index >= 15 is 0 Å². The summed E-state index contributed by atoms with van der Waals surface area (Å²) in [5.74, 6) is 0. The van der Waals surface area contributed by atoms with Crippen LogP contribution in [0.15, 0.2) is 33.9 Å². The van der Waals surface area contributed by atoms with Crippen LogP contribution in [0.4, 0.5) is 0 Å². The van der Waals surface area contributed by atoms with Crippen molar-refractivity contribution in [2.45, 2.75) is 0 Å². The van der Waals surface area contributed by atoms with E-state index in [0.717, 1.165) is 0 Å². The van der Waals surface area contributed by atoms with E-state index < -0.39 is 0 Å². The van der Waals surface area contributed by atoms with Crippen molar-refractivity contribution in [3.8, 4) is 6.07 Å². The smallest absolute Gasteiger partial charge is 0.266 e. The molecule has 0 aromatic carbocycles. The minimum absolute atomic E-state index is 0.127. The maximum absolute atomic E-state index is 12.0. The second-order valence-electron chi connectivity index (χ2n) is 3.35. The Balaban J connectivity index is 2.58. The van der Waals surface area contributed by atoms with Gasteiger partial charge >= 0.3 is 0 Å². The van der Waals surface area contributed by atoms with Gasteiger partial charge in [0, 0.05) is 17.0 Å². The Hall–Kier alpha value is -2.19. The Morgan fingerprint density at radius 2 is 2.25 bits per heavy atom. The lowest BCUT2D eigenvalue weighted by molar-refractivity contribution is 1.07.